The highest BCUT2D eigenvalue weighted by atomic mass is 79.9. The normalized spacial score (nSPS) is 24.9. The van der Waals surface area contributed by atoms with Gasteiger partial charge in [-0.1, -0.05) is 28.1 Å². The molecule has 2 unspecified atom stereocenters. The van der Waals surface area contributed by atoms with Crippen molar-refractivity contribution in [3.05, 3.63) is 34.3 Å². The van der Waals surface area contributed by atoms with Crippen molar-refractivity contribution in [2.75, 3.05) is 13.6 Å². The number of rotatable bonds is 4. The van der Waals surface area contributed by atoms with Crippen LogP contribution in [-0.2, 0) is 6.42 Å². The second-order valence-electron chi connectivity index (χ2n) is 4.49. The molecular weight excluding hydrogens is 250 g/mol. The lowest BCUT2D eigenvalue weighted by Crippen LogP contribution is -2.35. The maximum Gasteiger partial charge on any atom is 0.0177 e. The highest BCUT2D eigenvalue weighted by Gasteiger charge is 2.29. The second kappa shape index (κ2) is 5.13. The van der Waals surface area contributed by atoms with Crippen LogP contribution >= 0.6 is 15.9 Å². The summed E-state index contributed by atoms with van der Waals surface area (Å²) in [6.07, 6.45) is 4.05. The maximum absolute atomic E-state index is 3.53. The summed E-state index contributed by atoms with van der Waals surface area (Å²) in [4.78, 5) is 0. The van der Waals surface area contributed by atoms with Gasteiger partial charge in [0.2, 0.25) is 0 Å². The summed E-state index contributed by atoms with van der Waals surface area (Å²) in [7, 11) is 2.05. The fourth-order valence-corrected chi connectivity index (χ4v) is 2.85. The van der Waals surface area contributed by atoms with Crippen molar-refractivity contribution in [2.24, 2.45) is 11.8 Å². The molecule has 0 aromatic heterocycles. The Morgan fingerprint density at radius 1 is 1.33 bits per heavy atom. The molecule has 1 aliphatic carbocycles. The van der Waals surface area contributed by atoms with Crippen LogP contribution in [-0.4, -0.2) is 13.6 Å². The average Bonchev–Trinajstić information content (AvgIpc) is 2.21. The van der Waals surface area contributed by atoms with E-state index in [1.54, 1.807) is 0 Å². The van der Waals surface area contributed by atoms with Crippen LogP contribution in [0.5, 0.6) is 0 Å². The van der Waals surface area contributed by atoms with E-state index in [4.69, 9.17) is 0 Å². The third-order valence-corrected chi connectivity index (χ3v) is 3.92. The van der Waals surface area contributed by atoms with E-state index in [1.165, 1.54) is 35.8 Å². The quantitative estimate of drug-likeness (QED) is 0.884. The third kappa shape index (κ3) is 2.82. The van der Waals surface area contributed by atoms with Gasteiger partial charge in [0.05, 0.1) is 0 Å². The minimum absolute atomic E-state index is 0.895. The van der Waals surface area contributed by atoms with E-state index >= 15 is 0 Å². The Kier molecular flexibility index (Phi) is 3.81. The molecule has 2 rings (SSSR count). The van der Waals surface area contributed by atoms with Crippen molar-refractivity contribution >= 4 is 15.9 Å². The van der Waals surface area contributed by atoms with Crippen LogP contribution < -0.4 is 5.32 Å². The molecule has 1 aromatic carbocycles. The van der Waals surface area contributed by atoms with Crippen LogP contribution in [0.1, 0.15) is 18.4 Å². The topological polar surface area (TPSA) is 12.0 Å². The molecule has 82 valence electrons. The first-order valence-electron chi connectivity index (χ1n) is 5.68. The Morgan fingerprint density at radius 2 is 2.13 bits per heavy atom. The van der Waals surface area contributed by atoms with Crippen molar-refractivity contribution in [1.82, 2.24) is 5.32 Å². The molecule has 0 heterocycles. The largest absolute Gasteiger partial charge is 0.319 e. The van der Waals surface area contributed by atoms with Crippen molar-refractivity contribution < 1.29 is 0 Å². The number of hydrogen-bond acceptors (Lipinski definition) is 1. The van der Waals surface area contributed by atoms with Crippen molar-refractivity contribution in [2.45, 2.75) is 19.3 Å². The maximum atomic E-state index is 3.53. The van der Waals surface area contributed by atoms with Crippen LogP contribution in [0, 0.1) is 11.8 Å². The molecule has 1 aliphatic rings. The first kappa shape index (κ1) is 11.2. The zero-order chi connectivity index (χ0) is 10.7. The minimum atomic E-state index is 0.895. The Morgan fingerprint density at radius 3 is 2.73 bits per heavy atom. The zero-order valence-corrected chi connectivity index (χ0v) is 10.8. The van der Waals surface area contributed by atoms with Crippen LogP contribution in [0.4, 0.5) is 0 Å². The molecule has 0 spiro atoms. The lowest BCUT2D eigenvalue weighted by Gasteiger charge is -2.36. The fourth-order valence-electron chi connectivity index (χ4n) is 2.40. The standard InChI is InChI=1S/C13H18BrN/c1-15-9-12-6-5-11(12)7-10-3-2-4-13(14)8-10/h2-4,8,11-12,15H,5-7,9H2,1H3. The molecule has 1 nitrogen and oxygen atoms in total. The first-order valence-corrected chi connectivity index (χ1v) is 6.48. The predicted octanol–water partition coefficient (Wildman–Crippen LogP) is 3.24. The Bertz CT molecular complexity index is 324. The fraction of sp³-hybridized carbons (Fsp3) is 0.538. The highest BCUT2D eigenvalue weighted by molar-refractivity contribution is 9.10. The van der Waals surface area contributed by atoms with Gasteiger partial charge in [-0.2, -0.15) is 0 Å². The van der Waals surface area contributed by atoms with E-state index in [-0.39, 0.29) is 0 Å². The zero-order valence-electron chi connectivity index (χ0n) is 9.17. The summed E-state index contributed by atoms with van der Waals surface area (Å²) in [6.45, 7) is 1.18. The van der Waals surface area contributed by atoms with Crippen LogP contribution in [0.15, 0.2) is 28.7 Å². The van der Waals surface area contributed by atoms with Gasteiger partial charge in [0.25, 0.3) is 0 Å². The SMILES string of the molecule is CNCC1CCC1Cc1cccc(Br)c1. The van der Waals surface area contributed by atoms with Gasteiger partial charge in [-0.25, -0.2) is 0 Å². The number of benzene rings is 1. The summed E-state index contributed by atoms with van der Waals surface area (Å²) >= 11 is 3.53. The summed E-state index contributed by atoms with van der Waals surface area (Å²) in [6, 6.07) is 8.70. The summed E-state index contributed by atoms with van der Waals surface area (Å²) < 4.78 is 1.20. The van der Waals surface area contributed by atoms with Crippen LogP contribution in [0.2, 0.25) is 0 Å². The van der Waals surface area contributed by atoms with Crippen LogP contribution in [0.25, 0.3) is 0 Å². The van der Waals surface area contributed by atoms with E-state index in [0.717, 1.165) is 11.8 Å². The molecule has 0 radical (unpaired) electrons. The van der Waals surface area contributed by atoms with Gasteiger partial charge in [0.15, 0.2) is 0 Å². The molecule has 2 atom stereocenters. The van der Waals surface area contributed by atoms with Gasteiger partial charge < -0.3 is 5.32 Å². The predicted molar refractivity (Wildman–Crippen MR) is 68.0 cm³/mol. The first-order chi connectivity index (χ1) is 7.29. The number of hydrogen-bond donors (Lipinski definition) is 1. The van der Waals surface area contributed by atoms with E-state index in [9.17, 15) is 0 Å². The molecule has 1 N–H and O–H groups in total. The smallest absolute Gasteiger partial charge is 0.0177 e. The Hall–Kier alpha value is -0.340. The van der Waals surface area contributed by atoms with Crippen molar-refractivity contribution in [3.63, 3.8) is 0 Å². The minimum Gasteiger partial charge on any atom is -0.319 e. The van der Waals surface area contributed by atoms with Gasteiger partial charge >= 0.3 is 0 Å². The Balaban J connectivity index is 1.92. The van der Waals surface area contributed by atoms with E-state index in [2.05, 4.69) is 52.6 Å². The van der Waals surface area contributed by atoms with E-state index in [1.807, 2.05) is 0 Å². The monoisotopic (exact) mass is 267 g/mol. The van der Waals surface area contributed by atoms with Gasteiger partial charge in [-0.15, -0.1) is 0 Å². The van der Waals surface area contributed by atoms with Gasteiger partial charge in [0.1, 0.15) is 0 Å². The lowest BCUT2D eigenvalue weighted by molar-refractivity contribution is 0.174. The molecule has 1 saturated carbocycles. The van der Waals surface area contributed by atoms with Gasteiger partial charge in [-0.05, 0) is 62.4 Å². The summed E-state index contributed by atoms with van der Waals surface area (Å²) in [5.74, 6) is 1.79. The molecule has 0 saturated heterocycles. The molecule has 1 aromatic rings. The summed E-state index contributed by atoms with van der Waals surface area (Å²) in [5, 5.41) is 3.29. The molecule has 2 heteroatoms. The van der Waals surface area contributed by atoms with E-state index in [0.29, 0.717) is 0 Å². The third-order valence-electron chi connectivity index (χ3n) is 3.43. The molecule has 0 amide bonds. The van der Waals surface area contributed by atoms with Crippen LogP contribution in [0.3, 0.4) is 0 Å². The summed E-state index contributed by atoms with van der Waals surface area (Å²) in [5.41, 5.74) is 1.47. The van der Waals surface area contributed by atoms with Gasteiger partial charge in [-0.3, -0.25) is 0 Å². The van der Waals surface area contributed by atoms with Crippen molar-refractivity contribution in [1.29, 1.82) is 0 Å². The lowest BCUT2D eigenvalue weighted by atomic mass is 9.71. The number of halogens is 1. The number of nitrogens with one attached hydrogen (secondary N) is 1. The highest BCUT2D eigenvalue weighted by Crippen LogP contribution is 2.36. The molecular formula is C13H18BrN. The molecule has 1 fully saturated rings. The van der Waals surface area contributed by atoms with Gasteiger partial charge in [0, 0.05) is 4.47 Å². The molecule has 0 aliphatic heterocycles. The van der Waals surface area contributed by atoms with E-state index < -0.39 is 0 Å². The molecule has 15 heavy (non-hydrogen) atoms. The van der Waals surface area contributed by atoms with Crippen molar-refractivity contribution in [3.8, 4) is 0 Å². The second-order valence-corrected chi connectivity index (χ2v) is 5.40. The molecule has 0 bridgehead atoms. The Labute approximate surface area is 100 Å². The average molecular weight is 268 g/mol.